The molecule has 1 N–H and O–H groups in total. The second kappa shape index (κ2) is 6.72. The monoisotopic (exact) mass is 432 g/mol. The van der Waals surface area contributed by atoms with Crippen LogP contribution in [-0.2, 0) is 11.3 Å². The lowest BCUT2D eigenvalue weighted by Gasteiger charge is -2.14. The molecule has 0 bridgehead atoms. The van der Waals surface area contributed by atoms with Crippen LogP contribution in [0.15, 0.2) is 66.3 Å². The predicted molar refractivity (Wildman–Crippen MR) is 121 cm³/mol. The maximum atomic E-state index is 12.8. The van der Waals surface area contributed by atoms with E-state index in [1.807, 2.05) is 34.2 Å². The molecule has 3 aromatic heterocycles. The highest BCUT2D eigenvalue weighted by Gasteiger charge is 2.32. The number of aromatic nitrogens is 3. The summed E-state index contributed by atoms with van der Waals surface area (Å²) in [6.07, 6.45) is 4.47. The minimum absolute atomic E-state index is 0.0143. The zero-order chi connectivity index (χ0) is 20.2. The van der Waals surface area contributed by atoms with Gasteiger partial charge in [-0.3, -0.25) is 9.20 Å². The molecule has 1 aliphatic rings. The summed E-state index contributed by atoms with van der Waals surface area (Å²) in [5, 5.41) is 6.62. The zero-order valence-electron chi connectivity index (χ0n) is 15.9. The van der Waals surface area contributed by atoms with Crippen molar-refractivity contribution in [3.8, 4) is 0 Å². The first-order chi connectivity index (χ1) is 14.7. The first-order valence-corrected chi connectivity index (χ1v) is 11.0. The van der Waals surface area contributed by atoms with Gasteiger partial charge in [-0.2, -0.15) is 0 Å². The summed E-state index contributed by atoms with van der Waals surface area (Å²) in [7, 11) is 0. The number of amides is 1. The Bertz CT molecular complexity index is 1420. The van der Waals surface area contributed by atoms with Gasteiger partial charge in [-0.25, -0.2) is 4.98 Å². The van der Waals surface area contributed by atoms with Gasteiger partial charge in [0.15, 0.2) is 10.1 Å². The smallest absolute Gasteiger partial charge is 0.225 e. The lowest BCUT2D eigenvalue weighted by Crippen LogP contribution is -2.15. The average molecular weight is 433 g/mol. The summed E-state index contributed by atoms with van der Waals surface area (Å²) >= 11 is 8.12. The second-order valence-corrected chi connectivity index (χ2v) is 8.78. The Labute approximate surface area is 181 Å². The number of anilines is 1. The quantitative estimate of drug-likeness (QED) is 0.407. The maximum Gasteiger partial charge on any atom is 0.225 e. The average Bonchev–Trinajstić information content (AvgIpc) is 3.38. The number of thiazole rings is 1. The van der Waals surface area contributed by atoms with Gasteiger partial charge >= 0.3 is 0 Å². The molecule has 30 heavy (non-hydrogen) atoms. The zero-order valence-corrected chi connectivity index (χ0v) is 17.5. The third-order valence-electron chi connectivity index (χ3n) is 5.75. The first kappa shape index (κ1) is 17.7. The number of nitrogens with zero attached hydrogens (tertiary/aromatic N) is 3. The van der Waals surface area contributed by atoms with Crippen molar-refractivity contribution in [1.82, 2.24) is 14.0 Å². The Morgan fingerprint density at radius 1 is 1.17 bits per heavy atom. The number of carbonyl (C=O) groups excluding carboxylic acids is 1. The minimum atomic E-state index is -0.176. The highest BCUT2D eigenvalue weighted by atomic mass is 35.5. The van der Waals surface area contributed by atoms with Crippen LogP contribution in [-0.4, -0.2) is 19.9 Å². The number of imidazole rings is 1. The van der Waals surface area contributed by atoms with Crippen LogP contribution in [0.2, 0.25) is 5.15 Å². The molecule has 0 unspecified atom stereocenters. The largest absolute Gasteiger partial charge is 0.343 e. The van der Waals surface area contributed by atoms with Gasteiger partial charge in [-0.05, 0) is 23.3 Å². The molecule has 4 heterocycles. The number of benzene rings is 2. The third kappa shape index (κ3) is 2.68. The molecular formula is C23H17ClN4OS. The fraction of sp³-hybridized carbons (Fsp3) is 0.130. The van der Waals surface area contributed by atoms with Crippen LogP contribution in [0, 0.1) is 0 Å². The van der Waals surface area contributed by atoms with Crippen LogP contribution < -0.4 is 5.32 Å². The molecule has 0 spiro atoms. The van der Waals surface area contributed by atoms with Crippen molar-refractivity contribution in [3.63, 3.8) is 0 Å². The van der Waals surface area contributed by atoms with Gasteiger partial charge in [0.05, 0.1) is 16.9 Å². The van der Waals surface area contributed by atoms with E-state index in [1.54, 1.807) is 0 Å². The van der Waals surface area contributed by atoms with Crippen LogP contribution in [0.1, 0.15) is 29.2 Å². The van der Waals surface area contributed by atoms with E-state index >= 15 is 0 Å². The van der Waals surface area contributed by atoms with Crippen LogP contribution in [0.3, 0.4) is 0 Å². The van der Waals surface area contributed by atoms with Gasteiger partial charge in [0.2, 0.25) is 5.91 Å². The van der Waals surface area contributed by atoms with Gasteiger partial charge < -0.3 is 9.88 Å². The van der Waals surface area contributed by atoms with Crippen LogP contribution >= 0.6 is 22.9 Å². The highest BCUT2D eigenvalue weighted by molar-refractivity contribution is 7.15. The topological polar surface area (TPSA) is 51.3 Å². The molecular weight excluding hydrogens is 416 g/mol. The van der Waals surface area contributed by atoms with E-state index in [-0.39, 0.29) is 11.8 Å². The molecule has 5 aromatic rings. The lowest BCUT2D eigenvalue weighted by atomic mass is 9.93. The second-order valence-electron chi connectivity index (χ2n) is 7.55. The summed E-state index contributed by atoms with van der Waals surface area (Å²) in [6, 6.07) is 16.5. The molecule has 7 heteroatoms. The lowest BCUT2D eigenvalue weighted by molar-refractivity contribution is -0.116. The van der Waals surface area contributed by atoms with Crippen LogP contribution in [0.4, 0.5) is 5.69 Å². The minimum Gasteiger partial charge on any atom is -0.343 e. The third-order valence-corrected chi connectivity index (χ3v) is 6.79. The molecule has 2 aromatic carbocycles. The van der Waals surface area contributed by atoms with E-state index in [4.69, 9.17) is 11.6 Å². The van der Waals surface area contributed by atoms with Crippen molar-refractivity contribution in [1.29, 1.82) is 0 Å². The maximum absolute atomic E-state index is 12.8. The highest BCUT2D eigenvalue weighted by Crippen LogP contribution is 2.43. The predicted octanol–water partition coefficient (Wildman–Crippen LogP) is 5.53. The molecule has 5 nitrogen and oxygen atoms in total. The number of hydrogen-bond acceptors (Lipinski definition) is 3. The molecule has 1 amide bonds. The number of carbonyl (C=O) groups is 1. The molecule has 1 atom stereocenters. The van der Waals surface area contributed by atoms with Gasteiger partial charge in [0.25, 0.3) is 0 Å². The SMILES string of the molecule is O=C1C[C@H](c2c(Cl)nc3sccn23)c2cn(Cc3ccccc3)c3cccc(c23)N1. The summed E-state index contributed by atoms with van der Waals surface area (Å²) in [5.74, 6) is -0.190. The summed E-state index contributed by atoms with van der Waals surface area (Å²) < 4.78 is 4.27. The van der Waals surface area contributed by atoms with E-state index in [0.29, 0.717) is 11.6 Å². The van der Waals surface area contributed by atoms with Crippen molar-refractivity contribution >= 4 is 50.4 Å². The normalized spacial score (nSPS) is 16.2. The molecule has 0 aliphatic carbocycles. The molecule has 0 saturated carbocycles. The van der Waals surface area contributed by atoms with Crippen LogP contribution in [0.25, 0.3) is 15.9 Å². The molecule has 0 radical (unpaired) electrons. The Morgan fingerprint density at radius 2 is 2.03 bits per heavy atom. The Kier molecular flexibility index (Phi) is 3.97. The van der Waals surface area contributed by atoms with Gasteiger partial charge in [0, 0.05) is 42.0 Å². The molecule has 6 rings (SSSR count). The number of rotatable bonds is 3. The van der Waals surface area contributed by atoms with Crippen LogP contribution in [0.5, 0.6) is 0 Å². The Balaban J connectivity index is 1.59. The van der Waals surface area contributed by atoms with Crippen molar-refractivity contribution in [3.05, 3.63) is 88.3 Å². The van der Waals surface area contributed by atoms with Gasteiger partial charge in [-0.1, -0.05) is 48.0 Å². The van der Waals surface area contributed by atoms with E-state index < -0.39 is 0 Å². The number of nitrogens with one attached hydrogen (secondary N) is 1. The van der Waals surface area contributed by atoms with E-state index in [1.165, 1.54) is 16.9 Å². The first-order valence-electron chi connectivity index (χ1n) is 9.75. The van der Waals surface area contributed by atoms with Crippen molar-refractivity contribution < 1.29 is 4.79 Å². The van der Waals surface area contributed by atoms with Crippen molar-refractivity contribution in [2.45, 2.75) is 18.9 Å². The van der Waals surface area contributed by atoms with Gasteiger partial charge in [0.1, 0.15) is 0 Å². The van der Waals surface area contributed by atoms with E-state index in [9.17, 15) is 4.79 Å². The summed E-state index contributed by atoms with van der Waals surface area (Å²) in [5.41, 5.74) is 5.15. The van der Waals surface area contributed by atoms with Gasteiger partial charge in [-0.15, -0.1) is 11.3 Å². The van der Waals surface area contributed by atoms with E-state index in [2.05, 4.69) is 51.4 Å². The number of halogens is 1. The standard InChI is InChI=1S/C23H17ClN4OS/c24-22-21(28-9-10-30-23(28)26-22)15-11-19(29)25-17-7-4-8-18-20(17)16(15)13-27(18)12-14-5-2-1-3-6-14/h1-10,13,15H,11-12H2,(H,25,29)/t15-/m0/s1. The fourth-order valence-electron chi connectivity index (χ4n) is 4.49. The van der Waals surface area contributed by atoms with Crippen molar-refractivity contribution in [2.24, 2.45) is 0 Å². The summed E-state index contributed by atoms with van der Waals surface area (Å²) in [4.78, 5) is 18.1. The molecule has 0 saturated heterocycles. The fourth-order valence-corrected chi connectivity index (χ4v) is 5.57. The Hall–Kier alpha value is -3.09. The summed E-state index contributed by atoms with van der Waals surface area (Å²) in [6.45, 7) is 0.759. The number of hydrogen-bond donors (Lipinski definition) is 1. The number of fused-ring (bicyclic) bond motifs is 1. The Morgan fingerprint density at radius 3 is 2.90 bits per heavy atom. The van der Waals surface area contributed by atoms with Crippen molar-refractivity contribution in [2.75, 3.05) is 5.32 Å². The molecule has 0 fully saturated rings. The molecule has 148 valence electrons. The van der Waals surface area contributed by atoms with E-state index in [0.717, 1.165) is 39.4 Å². The molecule has 1 aliphatic heterocycles.